The molecule has 0 aliphatic rings. The first-order valence-electron chi connectivity index (χ1n) is 6.07. The van der Waals surface area contributed by atoms with Crippen molar-refractivity contribution in [3.8, 4) is 0 Å². The number of amides is 1. The second-order valence-electron chi connectivity index (χ2n) is 4.35. The Morgan fingerprint density at radius 3 is 2.88 bits per heavy atom. The van der Waals surface area contributed by atoms with E-state index in [1.54, 1.807) is 0 Å². The zero-order valence-electron chi connectivity index (χ0n) is 10.5. The number of hydrogen-bond acceptors (Lipinski definition) is 3. The molecule has 4 nitrogen and oxygen atoms in total. The number of aliphatic hydroxyl groups is 1. The molecule has 2 N–H and O–H groups in total. The van der Waals surface area contributed by atoms with Gasteiger partial charge >= 0.3 is 0 Å². The van der Waals surface area contributed by atoms with Gasteiger partial charge in [-0.3, -0.25) is 4.79 Å². The monoisotopic (exact) mass is 239 g/mol. The number of hydrogen-bond donors (Lipinski definition) is 2. The van der Waals surface area contributed by atoms with Gasteiger partial charge in [-0.05, 0) is 38.8 Å². The maximum absolute atomic E-state index is 11.6. The van der Waals surface area contributed by atoms with E-state index in [0.717, 1.165) is 24.4 Å². The Morgan fingerprint density at radius 1 is 1.53 bits per heavy atom. The van der Waals surface area contributed by atoms with Crippen LogP contribution in [0.1, 0.15) is 37.7 Å². The molecule has 1 aromatic heterocycles. The van der Waals surface area contributed by atoms with E-state index in [1.165, 1.54) is 0 Å². The fourth-order valence-corrected chi connectivity index (χ4v) is 1.67. The summed E-state index contributed by atoms with van der Waals surface area (Å²) in [5, 5.41) is 11.6. The molecule has 0 aliphatic carbocycles. The molecule has 1 atom stereocenters. The van der Waals surface area contributed by atoms with Gasteiger partial charge in [0.15, 0.2) is 0 Å². The van der Waals surface area contributed by atoms with E-state index in [4.69, 9.17) is 9.52 Å². The summed E-state index contributed by atoms with van der Waals surface area (Å²) in [7, 11) is 0. The lowest BCUT2D eigenvalue weighted by Crippen LogP contribution is -2.32. The van der Waals surface area contributed by atoms with Crippen molar-refractivity contribution < 1.29 is 14.3 Å². The van der Waals surface area contributed by atoms with Crippen LogP contribution in [0.3, 0.4) is 0 Å². The van der Waals surface area contributed by atoms with Crippen LogP contribution in [0.5, 0.6) is 0 Å². The first kappa shape index (κ1) is 13.8. The molecule has 0 bridgehead atoms. The Hall–Kier alpha value is -1.29. The lowest BCUT2D eigenvalue weighted by molar-refractivity contribution is -0.121. The van der Waals surface area contributed by atoms with E-state index >= 15 is 0 Å². The van der Waals surface area contributed by atoms with Gasteiger partial charge in [0.2, 0.25) is 5.91 Å². The number of furan rings is 1. The van der Waals surface area contributed by atoms with Crippen LogP contribution in [-0.4, -0.2) is 23.7 Å². The summed E-state index contributed by atoms with van der Waals surface area (Å²) in [6.07, 6.45) is 2.60. The minimum Gasteiger partial charge on any atom is -0.466 e. The van der Waals surface area contributed by atoms with Crippen LogP contribution in [0.2, 0.25) is 0 Å². The van der Waals surface area contributed by atoms with Crippen molar-refractivity contribution in [1.29, 1.82) is 0 Å². The minimum atomic E-state index is 0.0319. The maximum Gasteiger partial charge on any atom is 0.220 e. The van der Waals surface area contributed by atoms with Gasteiger partial charge in [0, 0.05) is 25.5 Å². The molecule has 0 spiro atoms. The quantitative estimate of drug-likeness (QED) is 0.762. The van der Waals surface area contributed by atoms with Gasteiger partial charge < -0.3 is 14.8 Å². The molecule has 0 saturated carbocycles. The van der Waals surface area contributed by atoms with Crippen LogP contribution in [0.4, 0.5) is 0 Å². The third kappa shape index (κ3) is 5.54. The van der Waals surface area contributed by atoms with Gasteiger partial charge in [-0.2, -0.15) is 0 Å². The average molecular weight is 239 g/mol. The van der Waals surface area contributed by atoms with Gasteiger partial charge in [0.25, 0.3) is 0 Å². The smallest absolute Gasteiger partial charge is 0.220 e. The second-order valence-corrected chi connectivity index (χ2v) is 4.35. The highest BCUT2D eigenvalue weighted by Crippen LogP contribution is 2.08. The zero-order valence-corrected chi connectivity index (χ0v) is 10.5. The number of nitrogens with one attached hydrogen (secondary N) is 1. The highest BCUT2D eigenvalue weighted by molar-refractivity contribution is 5.76. The summed E-state index contributed by atoms with van der Waals surface area (Å²) in [6, 6.07) is 3.92. The second kappa shape index (κ2) is 7.12. The summed E-state index contributed by atoms with van der Waals surface area (Å²) >= 11 is 0. The molecule has 1 amide bonds. The van der Waals surface area contributed by atoms with E-state index in [9.17, 15) is 4.79 Å². The minimum absolute atomic E-state index is 0.0319. The average Bonchev–Trinajstić information content (AvgIpc) is 2.70. The fraction of sp³-hybridized carbons (Fsp3) is 0.615. The number of aryl methyl sites for hydroxylation is 2. The van der Waals surface area contributed by atoms with E-state index in [1.807, 2.05) is 26.0 Å². The van der Waals surface area contributed by atoms with Crippen molar-refractivity contribution in [3.05, 3.63) is 23.7 Å². The van der Waals surface area contributed by atoms with E-state index in [2.05, 4.69) is 5.32 Å². The van der Waals surface area contributed by atoms with Crippen molar-refractivity contribution in [2.75, 3.05) is 6.61 Å². The van der Waals surface area contributed by atoms with Crippen LogP contribution in [-0.2, 0) is 11.2 Å². The molecule has 0 saturated heterocycles. The molecule has 1 rings (SSSR count). The normalized spacial score (nSPS) is 12.4. The van der Waals surface area contributed by atoms with Crippen LogP contribution in [0.25, 0.3) is 0 Å². The molecule has 96 valence electrons. The number of aliphatic hydroxyl groups excluding tert-OH is 1. The highest BCUT2D eigenvalue weighted by Gasteiger charge is 2.08. The molecule has 0 fully saturated rings. The molecule has 1 heterocycles. The largest absolute Gasteiger partial charge is 0.466 e. The van der Waals surface area contributed by atoms with Crippen molar-refractivity contribution >= 4 is 5.91 Å². The third-order valence-corrected chi connectivity index (χ3v) is 2.60. The van der Waals surface area contributed by atoms with Gasteiger partial charge in [-0.1, -0.05) is 0 Å². The number of rotatable bonds is 7. The Labute approximate surface area is 102 Å². The first-order valence-corrected chi connectivity index (χ1v) is 6.07. The lowest BCUT2D eigenvalue weighted by Gasteiger charge is -2.12. The maximum atomic E-state index is 11.6. The molecule has 0 aromatic carbocycles. The van der Waals surface area contributed by atoms with Crippen LogP contribution >= 0.6 is 0 Å². The molecular weight excluding hydrogens is 218 g/mol. The Bertz CT molecular complexity index is 346. The lowest BCUT2D eigenvalue weighted by atomic mass is 10.1. The standard InChI is InChI=1S/C13H21NO3/c1-10(4-3-9-15)14-13(16)8-7-12-6-5-11(2)17-12/h5-6,10,15H,3-4,7-9H2,1-2H3,(H,14,16). The first-order chi connectivity index (χ1) is 8.11. The van der Waals surface area contributed by atoms with Crippen molar-refractivity contribution in [1.82, 2.24) is 5.32 Å². The predicted molar refractivity (Wildman–Crippen MR) is 65.7 cm³/mol. The molecule has 1 unspecified atom stereocenters. The summed E-state index contributed by atoms with van der Waals surface area (Å²) in [6.45, 7) is 4.01. The molecule has 0 radical (unpaired) electrons. The van der Waals surface area contributed by atoms with Crippen LogP contribution in [0, 0.1) is 6.92 Å². The Morgan fingerprint density at radius 2 is 2.29 bits per heavy atom. The molecular formula is C13H21NO3. The SMILES string of the molecule is Cc1ccc(CCC(=O)NC(C)CCCO)o1. The van der Waals surface area contributed by atoms with Crippen molar-refractivity contribution in [2.45, 2.75) is 45.6 Å². The van der Waals surface area contributed by atoms with Gasteiger partial charge in [0.05, 0.1) is 0 Å². The van der Waals surface area contributed by atoms with E-state index in [-0.39, 0.29) is 18.6 Å². The molecule has 4 heteroatoms. The van der Waals surface area contributed by atoms with Crippen LogP contribution < -0.4 is 5.32 Å². The van der Waals surface area contributed by atoms with Gasteiger partial charge in [0.1, 0.15) is 11.5 Å². The van der Waals surface area contributed by atoms with E-state index < -0.39 is 0 Å². The van der Waals surface area contributed by atoms with Gasteiger partial charge in [-0.15, -0.1) is 0 Å². The third-order valence-electron chi connectivity index (χ3n) is 2.60. The number of carbonyl (C=O) groups excluding carboxylic acids is 1. The Kier molecular flexibility index (Phi) is 5.77. The number of carbonyl (C=O) groups is 1. The summed E-state index contributed by atoms with van der Waals surface area (Å²) in [5.74, 6) is 1.75. The molecule has 17 heavy (non-hydrogen) atoms. The Balaban J connectivity index is 2.21. The predicted octanol–water partition coefficient (Wildman–Crippen LogP) is 1.80. The summed E-state index contributed by atoms with van der Waals surface area (Å²) < 4.78 is 5.39. The molecule has 0 aliphatic heterocycles. The zero-order chi connectivity index (χ0) is 12.7. The topological polar surface area (TPSA) is 62.5 Å². The fourth-order valence-electron chi connectivity index (χ4n) is 1.67. The highest BCUT2D eigenvalue weighted by atomic mass is 16.3. The van der Waals surface area contributed by atoms with Crippen molar-refractivity contribution in [3.63, 3.8) is 0 Å². The van der Waals surface area contributed by atoms with Crippen molar-refractivity contribution in [2.24, 2.45) is 0 Å². The van der Waals surface area contributed by atoms with Gasteiger partial charge in [-0.25, -0.2) is 0 Å². The molecule has 1 aromatic rings. The summed E-state index contributed by atoms with van der Waals surface area (Å²) in [5.41, 5.74) is 0. The van der Waals surface area contributed by atoms with E-state index in [0.29, 0.717) is 12.8 Å². The summed E-state index contributed by atoms with van der Waals surface area (Å²) in [4.78, 5) is 11.6. The van der Waals surface area contributed by atoms with Crippen LogP contribution in [0.15, 0.2) is 16.5 Å².